The summed E-state index contributed by atoms with van der Waals surface area (Å²) in [6, 6.07) is 4.15. The van der Waals surface area contributed by atoms with Gasteiger partial charge in [-0.1, -0.05) is 0 Å². The molecule has 5 heteroatoms. The molecule has 1 saturated heterocycles. The van der Waals surface area contributed by atoms with Crippen molar-refractivity contribution in [3.05, 3.63) is 29.9 Å². The molecule has 0 spiro atoms. The summed E-state index contributed by atoms with van der Waals surface area (Å²) in [6.45, 7) is 8.48. The fourth-order valence-electron chi connectivity index (χ4n) is 2.58. The van der Waals surface area contributed by atoms with Crippen molar-refractivity contribution in [2.75, 3.05) is 26.2 Å². The molecule has 0 amide bonds. The Morgan fingerprint density at radius 1 is 1.37 bits per heavy atom. The average molecular weight is 260 g/mol. The summed E-state index contributed by atoms with van der Waals surface area (Å²) in [7, 11) is 0. The highest BCUT2D eigenvalue weighted by Crippen LogP contribution is 2.25. The lowest BCUT2D eigenvalue weighted by Gasteiger charge is -2.31. The number of piperazine rings is 1. The lowest BCUT2D eigenvalue weighted by Crippen LogP contribution is -2.44. The van der Waals surface area contributed by atoms with Gasteiger partial charge in [-0.15, -0.1) is 0 Å². The van der Waals surface area contributed by atoms with E-state index in [2.05, 4.69) is 22.1 Å². The normalized spacial score (nSPS) is 18.6. The van der Waals surface area contributed by atoms with Crippen LogP contribution in [0.25, 0.3) is 11.5 Å². The van der Waals surface area contributed by atoms with Gasteiger partial charge in [0.05, 0.1) is 12.3 Å². The highest BCUT2D eigenvalue weighted by molar-refractivity contribution is 5.55. The van der Waals surface area contributed by atoms with E-state index in [-0.39, 0.29) is 0 Å². The maximum Gasteiger partial charge on any atom is 0.154 e. The standard InChI is InChI=1S/C14H20N4O/c1-10-13(12-4-3-9-19-12)17-14(16-10)11(2)18-7-5-15-6-8-18/h3-4,9,11,15H,5-8H2,1-2H3,(H,16,17). The van der Waals surface area contributed by atoms with E-state index in [0.29, 0.717) is 6.04 Å². The van der Waals surface area contributed by atoms with E-state index in [9.17, 15) is 0 Å². The molecule has 0 bridgehead atoms. The molecule has 0 saturated carbocycles. The number of furan rings is 1. The first kappa shape index (κ1) is 12.4. The smallest absolute Gasteiger partial charge is 0.154 e. The second kappa shape index (κ2) is 5.19. The van der Waals surface area contributed by atoms with Crippen molar-refractivity contribution >= 4 is 0 Å². The largest absolute Gasteiger partial charge is 0.463 e. The van der Waals surface area contributed by atoms with Crippen LogP contribution in [0.15, 0.2) is 22.8 Å². The van der Waals surface area contributed by atoms with Crippen molar-refractivity contribution in [3.63, 3.8) is 0 Å². The fourth-order valence-corrected chi connectivity index (χ4v) is 2.58. The molecule has 19 heavy (non-hydrogen) atoms. The minimum atomic E-state index is 0.310. The average Bonchev–Trinajstić information content (AvgIpc) is 3.08. The van der Waals surface area contributed by atoms with Crippen LogP contribution in [0.2, 0.25) is 0 Å². The number of hydrogen-bond acceptors (Lipinski definition) is 4. The molecule has 1 unspecified atom stereocenters. The van der Waals surface area contributed by atoms with Gasteiger partial charge in [0.15, 0.2) is 5.76 Å². The second-order valence-corrected chi connectivity index (χ2v) is 5.03. The Morgan fingerprint density at radius 2 is 2.16 bits per heavy atom. The van der Waals surface area contributed by atoms with Crippen LogP contribution < -0.4 is 5.32 Å². The molecule has 102 valence electrons. The zero-order valence-electron chi connectivity index (χ0n) is 11.4. The van der Waals surface area contributed by atoms with Gasteiger partial charge < -0.3 is 14.7 Å². The minimum absolute atomic E-state index is 0.310. The van der Waals surface area contributed by atoms with Crippen molar-refractivity contribution in [2.24, 2.45) is 0 Å². The summed E-state index contributed by atoms with van der Waals surface area (Å²) in [5, 5.41) is 3.37. The Balaban J connectivity index is 1.83. The number of rotatable bonds is 3. The predicted molar refractivity (Wildman–Crippen MR) is 73.9 cm³/mol. The third-order valence-electron chi connectivity index (χ3n) is 3.75. The molecule has 0 aliphatic carbocycles. The molecule has 3 heterocycles. The number of imidazole rings is 1. The van der Waals surface area contributed by atoms with E-state index in [1.165, 1.54) is 0 Å². The summed E-state index contributed by atoms with van der Waals surface area (Å²) in [4.78, 5) is 10.6. The summed E-state index contributed by atoms with van der Waals surface area (Å²) in [5.74, 6) is 1.85. The molecular formula is C14H20N4O. The monoisotopic (exact) mass is 260 g/mol. The first-order valence-corrected chi connectivity index (χ1v) is 6.81. The molecule has 2 aromatic rings. The van der Waals surface area contributed by atoms with E-state index < -0.39 is 0 Å². The zero-order chi connectivity index (χ0) is 13.2. The Hall–Kier alpha value is -1.59. The van der Waals surface area contributed by atoms with Crippen LogP contribution in [0.4, 0.5) is 0 Å². The summed E-state index contributed by atoms with van der Waals surface area (Å²) >= 11 is 0. The first-order valence-electron chi connectivity index (χ1n) is 6.81. The highest BCUT2D eigenvalue weighted by atomic mass is 16.3. The minimum Gasteiger partial charge on any atom is -0.463 e. The van der Waals surface area contributed by atoms with Gasteiger partial charge >= 0.3 is 0 Å². The Bertz CT molecular complexity index is 526. The first-order chi connectivity index (χ1) is 9.25. The maximum absolute atomic E-state index is 5.43. The lowest BCUT2D eigenvalue weighted by molar-refractivity contribution is 0.180. The third-order valence-corrected chi connectivity index (χ3v) is 3.75. The highest BCUT2D eigenvalue weighted by Gasteiger charge is 2.22. The van der Waals surface area contributed by atoms with Crippen molar-refractivity contribution in [1.29, 1.82) is 0 Å². The van der Waals surface area contributed by atoms with Gasteiger partial charge in [-0.05, 0) is 26.0 Å². The van der Waals surface area contributed by atoms with Gasteiger partial charge in [0.25, 0.3) is 0 Å². The van der Waals surface area contributed by atoms with Gasteiger partial charge in [0.2, 0.25) is 0 Å². The van der Waals surface area contributed by atoms with Gasteiger partial charge in [0, 0.05) is 31.9 Å². The predicted octanol–water partition coefficient (Wildman–Crippen LogP) is 1.94. The van der Waals surface area contributed by atoms with Crippen LogP contribution in [0.5, 0.6) is 0 Å². The molecule has 1 fully saturated rings. The van der Waals surface area contributed by atoms with Crippen molar-refractivity contribution in [2.45, 2.75) is 19.9 Å². The Morgan fingerprint density at radius 3 is 2.84 bits per heavy atom. The number of aromatic amines is 1. The van der Waals surface area contributed by atoms with Crippen LogP contribution in [-0.4, -0.2) is 41.0 Å². The van der Waals surface area contributed by atoms with Crippen molar-refractivity contribution in [3.8, 4) is 11.5 Å². The third kappa shape index (κ3) is 2.43. The van der Waals surface area contributed by atoms with Gasteiger partial charge in [-0.2, -0.15) is 0 Å². The van der Waals surface area contributed by atoms with E-state index in [1.807, 2.05) is 19.1 Å². The number of nitrogens with zero attached hydrogens (tertiary/aromatic N) is 2. The quantitative estimate of drug-likeness (QED) is 0.885. The number of nitrogens with one attached hydrogen (secondary N) is 2. The molecule has 2 N–H and O–H groups in total. The Labute approximate surface area is 113 Å². The lowest BCUT2D eigenvalue weighted by atomic mass is 10.2. The summed E-state index contributed by atoms with van der Waals surface area (Å²) < 4.78 is 5.43. The molecule has 1 aliphatic heterocycles. The van der Waals surface area contributed by atoms with Crippen LogP contribution >= 0.6 is 0 Å². The van der Waals surface area contributed by atoms with E-state index in [1.54, 1.807) is 6.26 Å². The molecule has 0 aromatic carbocycles. The molecule has 2 aromatic heterocycles. The SMILES string of the molecule is Cc1[nH]c(C(C)N2CCNCC2)nc1-c1ccco1. The van der Waals surface area contributed by atoms with Crippen molar-refractivity contribution in [1.82, 2.24) is 20.2 Å². The van der Waals surface area contributed by atoms with E-state index in [4.69, 9.17) is 9.40 Å². The van der Waals surface area contributed by atoms with E-state index in [0.717, 1.165) is 49.2 Å². The molecule has 0 radical (unpaired) electrons. The van der Waals surface area contributed by atoms with Gasteiger partial charge in [0.1, 0.15) is 11.5 Å². The van der Waals surface area contributed by atoms with Crippen LogP contribution in [0.3, 0.4) is 0 Å². The van der Waals surface area contributed by atoms with Crippen LogP contribution in [0, 0.1) is 6.92 Å². The molecular weight excluding hydrogens is 240 g/mol. The van der Waals surface area contributed by atoms with E-state index >= 15 is 0 Å². The number of aromatic nitrogens is 2. The molecule has 1 aliphatic rings. The Kier molecular flexibility index (Phi) is 3.40. The zero-order valence-corrected chi connectivity index (χ0v) is 11.4. The van der Waals surface area contributed by atoms with Crippen LogP contribution in [-0.2, 0) is 0 Å². The topological polar surface area (TPSA) is 57.1 Å². The number of H-pyrrole nitrogens is 1. The maximum atomic E-state index is 5.43. The van der Waals surface area contributed by atoms with Gasteiger partial charge in [-0.3, -0.25) is 4.90 Å². The molecule has 1 atom stereocenters. The van der Waals surface area contributed by atoms with Gasteiger partial charge in [-0.25, -0.2) is 4.98 Å². The van der Waals surface area contributed by atoms with Crippen molar-refractivity contribution < 1.29 is 4.42 Å². The number of aryl methyl sites for hydroxylation is 1. The second-order valence-electron chi connectivity index (χ2n) is 5.03. The number of hydrogen-bond donors (Lipinski definition) is 2. The fraction of sp³-hybridized carbons (Fsp3) is 0.500. The molecule has 5 nitrogen and oxygen atoms in total. The molecule has 3 rings (SSSR count). The van der Waals surface area contributed by atoms with Crippen LogP contribution in [0.1, 0.15) is 24.5 Å². The summed E-state index contributed by atoms with van der Waals surface area (Å²) in [5.41, 5.74) is 1.98. The summed E-state index contributed by atoms with van der Waals surface area (Å²) in [6.07, 6.45) is 1.68.